The van der Waals surface area contributed by atoms with Crippen LogP contribution in [0.4, 0.5) is 10.4 Å². The molecule has 0 spiro atoms. The molecule has 0 bridgehead atoms. The quantitative estimate of drug-likeness (QED) is 0.632. The van der Waals surface area contributed by atoms with E-state index in [-0.39, 0.29) is 20.4 Å². The average molecular weight is 337 g/mol. The zero-order valence-electron chi connectivity index (χ0n) is 12.3. The van der Waals surface area contributed by atoms with Crippen LogP contribution in [0.2, 0.25) is 0 Å². The fourth-order valence-corrected chi connectivity index (χ4v) is 3.80. The summed E-state index contributed by atoms with van der Waals surface area (Å²) in [5.74, 6) is 0.0109. The number of anilines is 2. The van der Waals surface area contributed by atoms with Crippen LogP contribution in [-0.4, -0.2) is 51.0 Å². The van der Waals surface area contributed by atoms with Gasteiger partial charge < -0.3 is 0 Å². The van der Waals surface area contributed by atoms with Crippen LogP contribution < -0.4 is 4.90 Å². The van der Waals surface area contributed by atoms with Gasteiger partial charge in [-0.25, -0.2) is 0 Å². The second-order valence-corrected chi connectivity index (χ2v) is 7.51. The summed E-state index contributed by atoms with van der Waals surface area (Å²) >= 11 is 0.117. The van der Waals surface area contributed by atoms with Crippen molar-refractivity contribution in [2.24, 2.45) is 0 Å². The average Bonchev–Trinajstić information content (AvgIpc) is 2.76. The van der Waals surface area contributed by atoms with Crippen LogP contribution in [0.1, 0.15) is 12.6 Å². The molecule has 106 valence electrons. The van der Waals surface area contributed by atoms with Gasteiger partial charge in [0.25, 0.3) is 0 Å². The number of nitrogens with zero attached hydrogens (tertiary/aromatic N) is 3. The number of hydrogen-bond donors (Lipinski definition) is 0. The van der Waals surface area contributed by atoms with Crippen LogP contribution in [0.15, 0.2) is 35.3 Å². The maximum atomic E-state index is 12.0. The third-order valence-corrected chi connectivity index (χ3v) is 4.53. The third kappa shape index (κ3) is 3.79. The molecule has 0 fully saturated rings. The van der Waals surface area contributed by atoms with Crippen molar-refractivity contribution in [1.29, 1.82) is 0 Å². The number of hydrogen-bond acceptors (Lipinski definition) is 2. The van der Waals surface area contributed by atoms with Crippen molar-refractivity contribution in [3.8, 4) is 0 Å². The molecule has 0 aliphatic rings. The second kappa shape index (κ2) is 5.92. The zero-order chi connectivity index (χ0) is 14.8. The molecule has 20 heavy (non-hydrogen) atoms. The summed E-state index contributed by atoms with van der Waals surface area (Å²) < 4.78 is 1.71. The van der Waals surface area contributed by atoms with E-state index in [0.717, 1.165) is 27.1 Å². The van der Waals surface area contributed by atoms with Crippen LogP contribution in [-0.2, 0) is 11.3 Å². The fourth-order valence-electron chi connectivity index (χ4n) is 1.96. The Bertz CT molecular complexity index is 587. The normalized spacial score (nSPS) is 11.4. The molecule has 0 aliphatic carbocycles. The van der Waals surface area contributed by atoms with Crippen LogP contribution in [0.25, 0.3) is 0 Å². The van der Waals surface area contributed by atoms with E-state index in [2.05, 4.69) is 31.1 Å². The summed E-state index contributed by atoms with van der Waals surface area (Å²) in [6, 6.07) is 9.71. The molecule has 0 saturated heterocycles. The first-order valence-corrected chi connectivity index (χ1v) is 8.32. The number of benzene rings is 1. The van der Waals surface area contributed by atoms with Gasteiger partial charge in [-0.2, -0.15) is 0 Å². The first-order valence-electron chi connectivity index (χ1n) is 6.47. The topological polar surface area (TPSA) is 33.2 Å². The van der Waals surface area contributed by atoms with Crippen molar-refractivity contribution < 1.29 is 9.28 Å². The van der Waals surface area contributed by atoms with E-state index >= 15 is 0 Å². The molecule has 0 radical (unpaired) electrons. The van der Waals surface area contributed by atoms with Crippen molar-refractivity contribution in [1.82, 2.24) is 4.98 Å². The molecule has 0 N–H and O–H groups in total. The molecular weight excluding hydrogens is 317 g/mol. The van der Waals surface area contributed by atoms with Gasteiger partial charge in [-0.3, -0.25) is 0 Å². The molecule has 0 unspecified atom stereocenters. The minimum atomic E-state index is 0.0109. The molecule has 0 aliphatic heterocycles. The van der Waals surface area contributed by atoms with Crippen LogP contribution in [0.5, 0.6) is 0 Å². The Morgan fingerprint density at radius 1 is 1.25 bits per heavy atom. The van der Waals surface area contributed by atoms with Gasteiger partial charge >= 0.3 is 126 Å². The Hall–Kier alpha value is -1.42. The summed E-state index contributed by atoms with van der Waals surface area (Å²) in [5, 5.41) is 0. The standard InChI is InChI=1S/C15H20N3OSe/c1-12(19)17(14-8-6-5-7-9-14)15-16-13(11-20-15)10-18(2,3)4/h5-9,11H,10H2,1-4H3/q+1. The van der Waals surface area contributed by atoms with Gasteiger partial charge in [0, 0.05) is 0 Å². The van der Waals surface area contributed by atoms with Crippen LogP contribution >= 0.6 is 0 Å². The third-order valence-electron chi connectivity index (χ3n) is 2.70. The number of para-hydroxylation sites is 1. The van der Waals surface area contributed by atoms with Gasteiger partial charge in [0.2, 0.25) is 0 Å². The van der Waals surface area contributed by atoms with Crippen LogP contribution in [0, 0.1) is 0 Å². The summed E-state index contributed by atoms with van der Waals surface area (Å²) in [7, 11) is 6.42. The Morgan fingerprint density at radius 3 is 2.45 bits per heavy atom. The molecule has 5 heteroatoms. The Morgan fingerprint density at radius 2 is 1.90 bits per heavy atom. The first-order chi connectivity index (χ1) is 9.37. The van der Waals surface area contributed by atoms with E-state index in [4.69, 9.17) is 0 Å². The monoisotopic (exact) mass is 338 g/mol. The van der Waals surface area contributed by atoms with E-state index in [1.54, 1.807) is 11.8 Å². The Labute approximate surface area is 126 Å². The summed E-state index contributed by atoms with van der Waals surface area (Å²) in [5.41, 5.74) is 1.97. The van der Waals surface area contributed by atoms with Crippen LogP contribution in [0.3, 0.4) is 0 Å². The summed E-state index contributed by atoms with van der Waals surface area (Å²) in [4.78, 5) is 20.5. The second-order valence-electron chi connectivity index (χ2n) is 5.76. The number of quaternary nitrogens is 1. The molecule has 0 saturated carbocycles. The Balaban J connectivity index is 2.30. The number of aromatic nitrogens is 1. The molecule has 1 aromatic carbocycles. The molecule has 1 aromatic heterocycles. The number of carbonyl (C=O) groups excluding carboxylic acids is 1. The predicted molar refractivity (Wildman–Crippen MR) is 82.2 cm³/mol. The molecule has 2 aromatic rings. The molecule has 1 heterocycles. The summed E-state index contributed by atoms with van der Waals surface area (Å²) in [6.45, 7) is 2.47. The van der Waals surface area contributed by atoms with Gasteiger partial charge in [-0.15, -0.1) is 0 Å². The fraction of sp³-hybridized carbons (Fsp3) is 0.333. The predicted octanol–water partition coefficient (Wildman–Crippen LogP) is 2.03. The van der Waals surface area contributed by atoms with Crippen molar-refractivity contribution in [3.63, 3.8) is 0 Å². The summed E-state index contributed by atoms with van der Waals surface area (Å²) in [6.07, 6.45) is 0. The molecular formula is C15H20N3OSe+. The maximum absolute atomic E-state index is 12.0. The van der Waals surface area contributed by atoms with Crippen molar-refractivity contribution >= 4 is 30.8 Å². The molecule has 1 amide bonds. The first kappa shape index (κ1) is 15.0. The Kier molecular flexibility index (Phi) is 4.43. The number of rotatable bonds is 4. The van der Waals surface area contributed by atoms with E-state index in [1.165, 1.54) is 0 Å². The van der Waals surface area contributed by atoms with Gasteiger partial charge in [0.1, 0.15) is 0 Å². The van der Waals surface area contributed by atoms with Crippen molar-refractivity contribution in [2.75, 3.05) is 26.0 Å². The van der Waals surface area contributed by atoms with E-state index in [1.807, 2.05) is 30.3 Å². The van der Waals surface area contributed by atoms with Crippen molar-refractivity contribution in [3.05, 3.63) is 41.0 Å². The number of carbonyl (C=O) groups is 1. The van der Waals surface area contributed by atoms with Crippen molar-refractivity contribution in [2.45, 2.75) is 13.5 Å². The van der Waals surface area contributed by atoms with Gasteiger partial charge in [0.05, 0.1) is 0 Å². The van der Waals surface area contributed by atoms with Gasteiger partial charge in [0.15, 0.2) is 0 Å². The molecule has 0 atom stereocenters. The van der Waals surface area contributed by atoms with E-state index in [9.17, 15) is 4.79 Å². The van der Waals surface area contributed by atoms with E-state index in [0.29, 0.717) is 0 Å². The molecule has 2 rings (SSSR count). The minimum absolute atomic E-state index is 0.0109. The van der Waals surface area contributed by atoms with Gasteiger partial charge in [-0.05, 0) is 0 Å². The zero-order valence-corrected chi connectivity index (χ0v) is 14.0. The van der Waals surface area contributed by atoms with Gasteiger partial charge in [-0.1, -0.05) is 0 Å². The SMILES string of the molecule is CC(=O)N(c1ccccc1)c1nc(C[N+](C)(C)C)c[se]1. The van der Waals surface area contributed by atoms with E-state index < -0.39 is 0 Å². The number of amides is 1. The molecule has 4 nitrogen and oxygen atoms in total.